The van der Waals surface area contributed by atoms with Crippen molar-refractivity contribution in [1.82, 2.24) is 14.9 Å². The van der Waals surface area contributed by atoms with Gasteiger partial charge in [-0.3, -0.25) is 14.6 Å². The molecule has 6 rings (SSSR count). The minimum Gasteiger partial charge on any atom is -0.361 e. The Hall–Kier alpha value is -4.25. The zero-order valence-corrected chi connectivity index (χ0v) is 17.9. The van der Waals surface area contributed by atoms with Gasteiger partial charge in [0.25, 0.3) is 5.91 Å². The predicted molar refractivity (Wildman–Crippen MR) is 130 cm³/mol. The van der Waals surface area contributed by atoms with Gasteiger partial charge in [0.15, 0.2) is 5.43 Å². The summed E-state index contributed by atoms with van der Waals surface area (Å²) < 4.78 is 0. The van der Waals surface area contributed by atoms with Gasteiger partial charge < -0.3 is 9.88 Å². The zero-order chi connectivity index (χ0) is 22.4. The van der Waals surface area contributed by atoms with Gasteiger partial charge in [-0.15, -0.1) is 0 Å². The standard InChI is InChI=1S/C28H21N3O2/c32-26-12-14-29-25-11-9-19(16-23(25)26)22-6-3-5-20-17-31(28(33)27(20)22)15-13-21-10-8-18-4-1-2-7-24(18)30-21/h1-12,14,16H,13,15,17H2,(H,29,32). The number of aromatic amines is 1. The Morgan fingerprint density at radius 2 is 1.82 bits per heavy atom. The molecular formula is C28H21N3O2. The highest BCUT2D eigenvalue weighted by Gasteiger charge is 2.30. The summed E-state index contributed by atoms with van der Waals surface area (Å²) in [4.78, 5) is 35.4. The van der Waals surface area contributed by atoms with E-state index in [2.05, 4.69) is 17.1 Å². The lowest BCUT2D eigenvalue weighted by Crippen LogP contribution is -2.26. The van der Waals surface area contributed by atoms with Crippen molar-refractivity contribution in [3.8, 4) is 11.1 Å². The molecule has 160 valence electrons. The van der Waals surface area contributed by atoms with Crippen molar-refractivity contribution >= 4 is 27.7 Å². The van der Waals surface area contributed by atoms with Gasteiger partial charge in [-0.25, -0.2) is 0 Å². The first kappa shape index (κ1) is 19.4. The van der Waals surface area contributed by atoms with E-state index in [1.165, 1.54) is 6.07 Å². The number of rotatable bonds is 4. The predicted octanol–water partition coefficient (Wildman–Crippen LogP) is 4.94. The third kappa shape index (κ3) is 3.38. The van der Waals surface area contributed by atoms with Gasteiger partial charge in [0.05, 0.1) is 11.1 Å². The molecule has 5 nitrogen and oxygen atoms in total. The highest BCUT2D eigenvalue weighted by molar-refractivity contribution is 6.05. The zero-order valence-electron chi connectivity index (χ0n) is 17.9. The number of pyridine rings is 2. The SMILES string of the molecule is O=C1c2c(cccc2-c2ccc3[nH]ccc(=O)c3c2)CN1CCc1ccc2ccccc2n1. The lowest BCUT2D eigenvalue weighted by molar-refractivity contribution is 0.0780. The van der Waals surface area contributed by atoms with E-state index in [0.717, 1.165) is 44.4 Å². The minimum atomic E-state index is -0.0333. The highest BCUT2D eigenvalue weighted by atomic mass is 16.2. The molecule has 0 radical (unpaired) electrons. The summed E-state index contributed by atoms with van der Waals surface area (Å²) in [6.07, 6.45) is 2.35. The fourth-order valence-electron chi connectivity index (χ4n) is 4.68. The number of H-pyrrole nitrogens is 1. The van der Waals surface area contributed by atoms with Gasteiger partial charge in [0, 0.05) is 53.8 Å². The van der Waals surface area contributed by atoms with Crippen LogP contribution < -0.4 is 5.43 Å². The number of hydrogen-bond acceptors (Lipinski definition) is 3. The Kier molecular flexibility index (Phi) is 4.54. The second-order valence-corrected chi connectivity index (χ2v) is 8.41. The van der Waals surface area contributed by atoms with E-state index >= 15 is 0 Å². The molecule has 1 aliphatic rings. The Morgan fingerprint density at radius 1 is 0.909 bits per heavy atom. The second kappa shape index (κ2) is 7.71. The largest absolute Gasteiger partial charge is 0.361 e. The molecule has 0 saturated heterocycles. The Balaban J connectivity index is 1.29. The van der Waals surface area contributed by atoms with Crippen LogP contribution in [0.25, 0.3) is 32.9 Å². The van der Waals surface area contributed by atoms with E-state index in [1.54, 1.807) is 6.20 Å². The van der Waals surface area contributed by atoms with Gasteiger partial charge in [0.2, 0.25) is 0 Å². The van der Waals surface area contributed by atoms with Crippen molar-refractivity contribution in [1.29, 1.82) is 0 Å². The number of benzene rings is 3. The second-order valence-electron chi connectivity index (χ2n) is 8.41. The normalized spacial score (nSPS) is 13.1. The number of para-hydroxylation sites is 1. The molecule has 1 amide bonds. The van der Waals surface area contributed by atoms with Gasteiger partial charge in [0.1, 0.15) is 0 Å². The van der Waals surface area contributed by atoms with E-state index in [-0.39, 0.29) is 11.3 Å². The maximum atomic E-state index is 13.4. The first-order valence-corrected chi connectivity index (χ1v) is 11.0. The van der Waals surface area contributed by atoms with Crippen LogP contribution in [-0.2, 0) is 13.0 Å². The van der Waals surface area contributed by atoms with Gasteiger partial charge in [-0.1, -0.05) is 48.5 Å². The van der Waals surface area contributed by atoms with Crippen LogP contribution in [0.5, 0.6) is 0 Å². The van der Waals surface area contributed by atoms with Crippen molar-refractivity contribution in [2.75, 3.05) is 6.54 Å². The first-order chi connectivity index (χ1) is 16.2. The van der Waals surface area contributed by atoms with Crippen molar-refractivity contribution in [3.63, 3.8) is 0 Å². The summed E-state index contributed by atoms with van der Waals surface area (Å²) >= 11 is 0. The molecule has 5 aromatic rings. The topological polar surface area (TPSA) is 66.1 Å². The fourth-order valence-corrected chi connectivity index (χ4v) is 4.68. The third-order valence-electron chi connectivity index (χ3n) is 6.38. The quantitative estimate of drug-likeness (QED) is 0.438. The molecule has 0 unspecified atom stereocenters. The molecule has 0 saturated carbocycles. The van der Waals surface area contributed by atoms with Crippen molar-refractivity contribution in [3.05, 3.63) is 112 Å². The van der Waals surface area contributed by atoms with E-state index < -0.39 is 0 Å². The monoisotopic (exact) mass is 431 g/mol. The number of carbonyl (C=O) groups excluding carboxylic acids is 1. The van der Waals surface area contributed by atoms with Crippen LogP contribution in [0.4, 0.5) is 0 Å². The van der Waals surface area contributed by atoms with Crippen LogP contribution in [0.1, 0.15) is 21.6 Å². The minimum absolute atomic E-state index is 0.0310. The molecule has 0 spiro atoms. The molecule has 0 fully saturated rings. The van der Waals surface area contributed by atoms with Crippen LogP contribution >= 0.6 is 0 Å². The summed E-state index contributed by atoms with van der Waals surface area (Å²) in [7, 11) is 0. The van der Waals surface area contributed by atoms with Crippen LogP contribution in [-0.4, -0.2) is 27.3 Å². The number of fused-ring (bicyclic) bond motifs is 3. The van der Waals surface area contributed by atoms with Gasteiger partial charge in [-0.05, 0) is 41.0 Å². The number of aromatic nitrogens is 2. The average Bonchev–Trinajstić information content (AvgIpc) is 3.18. The Labute approximate surface area is 190 Å². The molecule has 5 heteroatoms. The summed E-state index contributed by atoms with van der Waals surface area (Å²) in [5, 5.41) is 1.74. The van der Waals surface area contributed by atoms with Crippen LogP contribution in [0, 0.1) is 0 Å². The molecule has 0 atom stereocenters. The van der Waals surface area contributed by atoms with Gasteiger partial charge in [-0.2, -0.15) is 0 Å². The van der Waals surface area contributed by atoms with E-state index in [4.69, 9.17) is 4.98 Å². The Morgan fingerprint density at radius 3 is 2.76 bits per heavy atom. The first-order valence-electron chi connectivity index (χ1n) is 11.0. The number of hydrogen-bond donors (Lipinski definition) is 1. The molecule has 33 heavy (non-hydrogen) atoms. The van der Waals surface area contributed by atoms with E-state index in [9.17, 15) is 9.59 Å². The van der Waals surface area contributed by atoms with Crippen molar-refractivity contribution in [2.24, 2.45) is 0 Å². The summed E-state index contributed by atoms with van der Waals surface area (Å²) in [6, 6.07) is 25.4. The molecule has 2 aromatic heterocycles. The maximum absolute atomic E-state index is 13.4. The molecule has 1 N–H and O–H groups in total. The third-order valence-corrected chi connectivity index (χ3v) is 6.38. The maximum Gasteiger partial charge on any atom is 0.255 e. The van der Waals surface area contributed by atoms with Crippen LogP contribution in [0.15, 0.2) is 89.9 Å². The molecular weight excluding hydrogens is 410 g/mol. The van der Waals surface area contributed by atoms with Crippen molar-refractivity contribution < 1.29 is 4.79 Å². The number of nitrogens with zero attached hydrogens (tertiary/aromatic N) is 2. The highest BCUT2D eigenvalue weighted by Crippen LogP contribution is 2.33. The average molecular weight is 431 g/mol. The lowest BCUT2D eigenvalue weighted by Gasteiger charge is -2.15. The molecule has 0 aliphatic carbocycles. The van der Waals surface area contributed by atoms with Gasteiger partial charge >= 0.3 is 0 Å². The summed E-state index contributed by atoms with van der Waals surface area (Å²) in [5.41, 5.74) is 6.20. The molecule has 0 bridgehead atoms. The van der Waals surface area contributed by atoms with Crippen molar-refractivity contribution in [2.45, 2.75) is 13.0 Å². The molecule has 3 aromatic carbocycles. The van der Waals surface area contributed by atoms with Crippen LogP contribution in [0.2, 0.25) is 0 Å². The number of nitrogens with one attached hydrogen (secondary N) is 1. The molecule has 3 heterocycles. The Bertz CT molecular complexity index is 1600. The summed E-state index contributed by atoms with van der Waals surface area (Å²) in [5.74, 6) is 0.0310. The van der Waals surface area contributed by atoms with E-state index in [1.807, 2.05) is 65.6 Å². The fraction of sp³-hybridized carbons (Fsp3) is 0.107. The number of amides is 1. The van der Waals surface area contributed by atoms with Crippen LogP contribution in [0.3, 0.4) is 0 Å². The lowest BCUT2D eigenvalue weighted by atomic mass is 9.95. The molecule has 1 aliphatic heterocycles. The number of carbonyl (C=O) groups is 1. The smallest absolute Gasteiger partial charge is 0.255 e. The van der Waals surface area contributed by atoms with E-state index in [0.29, 0.717) is 24.9 Å². The summed E-state index contributed by atoms with van der Waals surface area (Å²) in [6.45, 7) is 1.19.